The average Bonchev–Trinajstić information content (AvgIpc) is 2.63. The Morgan fingerprint density at radius 3 is 2.93 bits per heavy atom. The fourth-order valence-electron chi connectivity index (χ4n) is 1.69. The highest BCUT2D eigenvalue weighted by Gasteiger charge is 2.07. The van der Waals surface area contributed by atoms with Gasteiger partial charge in [0, 0.05) is 6.54 Å². The largest absolute Gasteiger partial charge is 0.310 e. The first-order chi connectivity index (χ1) is 7.27. The summed E-state index contributed by atoms with van der Waals surface area (Å²) in [7, 11) is 0. The minimum absolute atomic E-state index is 0.678. The zero-order valence-corrected chi connectivity index (χ0v) is 10.0. The van der Waals surface area contributed by atoms with Crippen LogP contribution >= 0.6 is 0 Å². The zero-order chi connectivity index (χ0) is 11.1. The summed E-state index contributed by atoms with van der Waals surface area (Å²) in [5.41, 5.74) is 0. The number of rotatable bonds is 7. The van der Waals surface area contributed by atoms with E-state index in [1.807, 2.05) is 4.68 Å². The van der Waals surface area contributed by atoms with Crippen LogP contribution in [0.5, 0.6) is 0 Å². The number of nitrogens with one attached hydrogen (secondary N) is 1. The van der Waals surface area contributed by atoms with Crippen LogP contribution in [0.25, 0.3) is 0 Å². The van der Waals surface area contributed by atoms with Crippen molar-refractivity contribution < 1.29 is 0 Å². The summed E-state index contributed by atoms with van der Waals surface area (Å²) in [6.45, 7) is 9.35. The molecule has 1 atom stereocenters. The van der Waals surface area contributed by atoms with Crippen LogP contribution in [-0.4, -0.2) is 21.3 Å². The zero-order valence-electron chi connectivity index (χ0n) is 10.0. The van der Waals surface area contributed by atoms with Crippen molar-refractivity contribution in [2.24, 2.45) is 5.92 Å². The van der Waals surface area contributed by atoms with Gasteiger partial charge in [0.2, 0.25) is 0 Å². The van der Waals surface area contributed by atoms with E-state index in [1.54, 1.807) is 6.33 Å². The van der Waals surface area contributed by atoms with Crippen molar-refractivity contribution in [3.05, 3.63) is 12.2 Å². The maximum absolute atomic E-state index is 4.26. The summed E-state index contributed by atoms with van der Waals surface area (Å²) in [5, 5.41) is 7.53. The Labute approximate surface area is 92.1 Å². The first-order valence-corrected chi connectivity index (χ1v) is 5.85. The highest BCUT2D eigenvalue weighted by Crippen LogP contribution is 2.08. The SMILES string of the molecule is CCCC(C)Cn1ncnc1CNCC. The van der Waals surface area contributed by atoms with Gasteiger partial charge in [0.1, 0.15) is 12.2 Å². The first-order valence-electron chi connectivity index (χ1n) is 5.85. The monoisotopic (exact) mass is 210 g/mol. The van der Waals surface area contributed by atoms with E-state index in [2.05, 4.69) is 36.2 Å². The van der Waals surface area contributed by atoms with Crippen molar-refractivity contribution in [3.63, 3.8) is 0 Å². The van der Waals surface area contributed by atoms with Gasteiger partial charge in [-0.15, -0.1) is 0 Å². The molecule has 0 aliphatic carbocycles. The second kappa shape index (κ2) is 6.56. The highest BCUT2D eigenvalue weighted by atomic mass is 15.3. The van der Waals surface area contributed by atoms with Crippen LogP contribution in [0.1, 0.15) is 39.4 Å². The number of hydrogen-bond acceptors (Lipinski definition) is 3. The lowest BCUT2D eigenvalue weighted by molar-refractivity contribution is 0.406. The molecule has 1 aromatic rings. The molecular formula is C11H22N4. The highest BCUT2D eigenvalue weighted by molar-refractivity contribution is 4.83. The fourth-order valence-corrected chi connectivity index (χ4v) is 1.69. The molecule has 0 spiro atoms. The van der Waals surface area contributed by atoms with Crippen molar-refractivity contribution >= 4 is 0 Å². The van der Waals surface area contributed by atoms with Gasteiger partial charge in [0.15, 0.2) is 0 Å². The number of nitrogens with zero attached hydrogens (tertiary/aromatic N) is 3. The summed E-state index contributed by atoms with van der Waals surface area (Å²) in [5.74, 6) is 1.72. The second-order valence-corrected chi connectivity index (χ2v) is 4.03. The smallest absolute Gasteiger partial charge is 0.140 e. The summed E-state index contributed by atoms with van der Waals surface area (Å²) in [4.78, 5) is 4.26. The molecule has 1 N–H and O–H groups in total. The average molecular weight is 210 g/mol. The van der Waals surface area contributed by atoms with E-state index in [4.69, 9.17) is 0 Å². The predicted octanol–water partition coefficient (Wildman–Crippen LogP) is 1.82. The molecule has 0 aromatic carbocycles. The Bertz CT molecular complexity index is 269. The van der Waals surface area contributed by atoms with Crippen LogP contribution in [0.3, 0.4) is 0 Å². The molecule has 0 aliphatic heterocycles. The van der Waals surface area contributed by atoms with E-state index >= 15 is 0 Å². The lowest BCUT2D eigenvalue weighted by Gasteiger charge is -2.12. The standard InChI is InChI=1S/C11H22N4/c1-4-6-10(3)8-15-11(7-12-5-2)13-9-14-15/h9-10,12H,4-8H2,1-3H3. The van der Waals surface area contributed by atoms with Crippen LogP contribution in [0.4, 0.5) is 0 Å². The molecule has 4 nitrogen and oxygen atoms in total. The Kier molecular flexibility index (Phi) is 5.32. The minimum atomic E-state index is 0.678. The first kappa shape index (κ1) is 12.2. The van der Waals surface area contributed by atoms with Gasteiger partial charge in [-0.25, -0.2) is 9.67 Å². The summed E-state index contributed by atoms with van der Waals surface area (Å²) >= 11 is 0. The molecule has 1 rings (SSSR count). The summed E-state index contributed by atoms with van der Waals surface area (Å²) < 4.78 is 2.02. The molecule has 15 heavy (non-hydrogen) atoms. The lowest BCUT2D eigenvalue weighted by atomic mass is 10.1. The van der Waals surface area contributed by atoms with Crippen molar-refractivity contribution in [1.29, 1.82) is 0 Å². The van der Waals surface area contributed by atoms with Gasteiger partial charge >= 0.3 is 0 Å². The number of hydrogen-bond donors (Lipinski definition) is 1. The van der Waals surface area contributed by atoms with Crippen LogP contribution in [0.2, 0.25) is 0 Å². The van der Waals surface area contributed by atoms with Gasteiger partial charge in [0.05, 0.1) is 6.54 Å². The summed E-state index contributed by atoms with van der Waals surface area (Å²) in [6, 6.07) is 0. The van der Waals surface area contributed by atoms with Gasteiger partial charge in [-0.1, -0.05) is 27.2 Å². The van der Waals surface area contributed by atoms with Crippen LogP contribution in [0.15, 0.2) is 6.33 Å². The quantitative estimate of drug-likeness (QED) is 0.746. The molecule has 0 amide bonds. The third-order valence-corrected chi connectivity index (χ3v) is 2.49. The van der Waals surface area contributed by atoms with Crippen LogP contribution in [-0.2, 0) is 13.1 Å². The fraction of sp³-hybridized carbons (Fsp3) is 0.818. The summed E-state index contributed by atoms with van der Waals surface area (Å²) in [6.07, 6.45) is 4.13. The van der Waals surface area contributed by atoms with E-state index in [-0.39, 0.29) is 0 Å². The van der Waals surface area contributed by atoms with E-state index in [0.717, 1.165) is 25.5 Å². The van der Waals surface area contributed by atoms with Crippen molar-refractivity contribution in [2.75, 3.05) is 6.54 Å². The van der Waals surface area contributed by atoms with E-state index < -0.39 is 0 Å². The molecule has 1 aromatic heterocycles. The Morgan fingerprint density at radius 2 is 2.27 bits per heavy atom. The topological polar surface area (TPSA) is 42.7 Å². The molecule has 0 aliphatic rings. The maximum atomic E-state index is 4.26. The lowest BCUT2D eigenvalue weighted by Crippen LogP contribution is -2.19. The molecule has 0 fully saturated rings. The van der Waals surface area contributed by atoms with E-state index in [1.165, 1.54) is 12.8 Å². The third-order valence-electron chi connectivity index (χ3n) is 2.49. The van der Waals surface area contributed by atoms with Gasteiger partial charge < -0.3 is 5.32 Å². The van der Waals surface area contributed by atoms with Crippen molar-refractivity contribution in [3.8, 4) is 0 Å². The second-order valence-electron chi connectivity index (χ2n) is 4.03. The molecule has 1 unspecified atom stereocenters. The molecule has 86 valence electrons. The van der Waals surface area contributed by atoms with E-state index in [0.29, 0.717) is 5.92 Å². The third kappa shape index (κ3) is 4.00. The van der Waals surface area contributed by atoms with Crippen LogP contribution < -0.4 is 5.32 Å². The van der Waals surface area contributed by atoms with Gasteiger partial charge in [-0.2, -0.15) is 5.10 Å². The van der Waals surface area contributed by atoms with Gasteiger partial charge in [-0.05, 0) is 18.9 Å². The van der Waals surface area contributed by atoms with Crippen LogP contribution in [0, 0.1) is 5.92 Å². The minimum Gasteiger partial charge on any atom is -0.310 e. The van der Waals surface area contributed by atoms with Crippen molar-refractivity contribution in [2.45, 2.75) is 46.7 Å². The Balaban J connectivity index is 2.48. The molecule has 0 saturated heterocycles. The van der Waals surface area contributed by atoms with Gasteiger partial charge in [0.25, 0.3) is 0 Å². The maximum Gasteiger partial charge on any atom is 0.140 e. The van der Waals surface area contributed by atoms with E-state index in [9.17, 15) is 0 Å². The Hall–Kier alpha value is -0.900. The molecular weight excluding hydrogens is 188 g/mol. The molecule has 1 heterocycles. The van der Waals surface area contributed by atoms with Crippen molar-refractivity contribution in [1.82, 2.24) is 20.1 Å². The number of aromatic nitrogens is 3. The normalized spacial score (nSPS) is 13.0. The molecule has 0 bridgehead atoms. The Morgan fingerprint density at radius 1 is 1.47 bits per heavy atom. The molecule has 0 saturated carbocycles. The molecule has 4 heteroatoms. The van der Waals surface area contributed by atoms with Gasteiger partial charge in [-0.3, -0.25) is 0 Å². The molecule has 0 radical (unpaired) electrons. The predicted molar refractivity (Wildman–Crippen MR) is 61.5 cm³/mol.